The molecule has 0 amide bonds. The Labute approximate surface area is 394 Å². The Hall–Kier alpha value is -2.31. The number of fused-ring (bicyclic) bond motifs is 2. The highest BCUT2D eigenvalue weighted by Gasteiger charge is 2.60. The van der Waals surface area contributed by atoms with Crippen molar-refractivity contribution in [1.29, 1.82) is 0 Å². The van der Waals surface area contributed by atoms with E-state index in [4.69, 9.17) is 47.4 Å². The van der Waals surface area contributed by atoms with Crippen LogP contribution < -0.4 is 0 Å². The number of carbonyl (C=O) groups is 1. The van der Waals surface area contributed by atoms with E-state index in [1.165, 1.54) is 0 Å². The molecule has 4 fully saturated rings. The minimum Gasteiger partial charge on any atom is -0.462 e. The molecule has 0 aromatic heterocycles. The molecular formula is C52H81NO13. The number of methoxy groups -OCH3 is 2. The third kappa shape index (κ3) is 10.6. The normalized spacial score (nSPS) is 47.1. The standard InChI is InChI=1S/C52H81NO13/c1-14-29(4)47-32(7)20-21-51(66-47)26-38-23-37(65-51)19-18-31(6)46(30(5)16-15-17-36-27-59-49-45(54)33(8)22-39(50(55)62-38)52(36,49)56)63-43-25-41(58-13)48(35(10)61-43)64-42-24-40(57-12)44(34(9)60-42)53(11)28(2)3/h15-18,20-22,28-30,32,34-35,37-49,54,56H,14,19,23-27H2,1-13H3/b16-15+,31-18+,36-17+/t29-,30-,32-,34+,35-,37+,38-,39-,40+,41-,42+,43-,44-,45+,46-,47+,48-,49+,51+,52+/m0/s1. The lowest BCUT2D eigenvalue weighted by Gasteiger charge is -2.48. The molecule has 0 unspecified atom stereocenters. The fourth-order valence-corrected chi connectivity index (χ4v) is 11.5. The van der Waals surface area contributed by atoms with Crippen LogP contribution in [0.5, 0.6) is 0 Å². The SMILES string of the molecule is CC[C@H](C)[C@H]1O[C@]2(C=C[C@@H]1C)C[C@@H]1C[C@@H](C/C=C(\C)[C@@H](O[C@H]3C[C@H](OC)[C@@H](O[C@@H]4C[C@@H](OC)[C@@H](N(C)C(C)C)[C@@H](C)O4)[C@H](C)O3)[C@@H](C)/C=C/C=C3\CO[C@@H]4[C@H](O)C(C)=C[C@@H](C(=O)O1)[C@]34O)O2. The van der Waals surface area contributed by atoms with Crippen molar-refractivity contribution in [2.75, 3.05) is 27.9 Å². The number of ether oxygens (including phenoxy) is 10. The number of allylic oxidation sites excluding steroid dienone is 2. The van der Waals surface area contributed by atoms with E-state index in [2.05, 4.69) is 79.5 Å². The molecular weight excluding hydrogens is 847 g/mol. The number of carbonyl (C=O) groups excluding carboxylic acids is 1. The number of nitrogens with zero attached hydrogens (tertiary/aromatic N) is 1. The molecule has 4 saturated heterocycles. The number of aliphatic hydroxyl groups is 2. The van der Waals surface area contributed by atoms with E-state index in [1.54, 1.807) is 33.3 Å². The lowest BCUT2D eigenvalue weighted by atomic mass is 9.71. The summed E-state index contributed by atoms with van der Waals surface area (Å²) in [6.07, 6.45) is 10.7. The van der Waals surface area contributed by atoms with Crippen molar-refractivity contribution in [3.8, 4) is 0 Å². The second-order valence-electron chi connectivity index (χ2n) is 20.7. The zero-order valence-corrected chi connectivity index (χ0v) is 41.8. The van der Waals surface area contributed by atoms with Crippen molar-refractivity contribution in [3.63, 3.8) is 0 Å². The lowest BCUT2D eigenvalue weighted by molar-refractivity contribution is -0.315. The van der Waals surface area contributed by atoms with E-state index in [0.29, 0.717) is 49.3 Å². The zero-order chi connectivity index (χ0) is 47.8. The summed E-state index contributed by atoms with van der Waals surface area (Å²) >= 11 is 0. The molecule has 1 spiro atoms. The molecule has 14 heteroatoms. The number of rotatable bonds is 10. The Morgan fingerprint density at radius 3 is 2.29 bits per heavy atom. The van der Waals surface area contributed by atoms with Gasteiger partial charge >= 0.3 is 5.97 Å². The molecule has 7 aliphatic rings. The molecule has 1 aliphatic carbocycles. The van der Waals surface area contributed by atoms with Crippen LogP contribution in [0.3, 0.4) is 0 Å². The molecule has 0 aromatic rings. The average molecular weight is 928 g/mol. The van der Waals surface area contributed by atoms with Gasteiger partial charge in [-0.15, -0.1) is 0 Å². The van der Waals surface area contributed by atoms with Crippen LogP contribution in [-0.2, 0) is 52.2 Å². The minimum absolute atomic E-state index is 0.0406. The average Bonchev–Trinajstić information content (AvgIpc) is 3.62. The van der Waals surface area contributed by atoms with E-state index < -0.39 is 66.4 Å². The van der Waals surface area contributed by atoms with Gasteiger partial charge < -0.3 is 57.6 Å². The maximum Gasteiger partial charge on any atom is 0.316 e. The van der Waals surface area contributed by atoms with E-state index in [0.717, 1.165) is 12.0 Å². The largest absolute Gasteiger partial charge is 0.462 e. The smallest absolute Gasteiger partial charge is 0.316 e. The Morgan fingerprint density at radius 2 is 1.59 bits per heavy atom. The highest BCUT2D eigenvalue weighted by atomic mass is 16.7. The summed E-state index contributed by atoms with van der Waals surface area (Å²) in [4.78, 5) is 16.7. The van der Waals surface area contributed by atoms with E-state index >= 15 is 0 Å². The summed E-state index contributed by atoms with van der Waals surface area (Å²) in [5.41, 5.74) is 0.180. The van der Waals surface area contributed by atoms with Gasteiger partial charge in [-0.1, -0.05) is 70.6 Å². The van der Waals surface area contributed by atoms with Gasteiger partial charge in [0.25, 0.3) is 0 Å². The van der Waals surface area contributed by atoms with Crippen LogP contribution >= 0.6 is 0 Å². The summed E-state index contributed by atoms with van der Waals surface area (Å²) in [6.45, 7) is 20.9. The quantitative estimate of drug-likeness (QED) is 0.176. The third-order valence-electron chi connectivity index (χ3n) is 15.8. The van der Waals surface area contributed by atoms with Crippen LogP contribution in [0.25, 0.3) is 0 Å². The summed E-state index contributed by atoms with van der Waals surface area (Å²) in [5, 5.41) is 23.8. The number of likely N-dealkylation sites (N-methyl/N-ethyl adjacent to an activating group) is 1. The molecule has 372 valence electrons. The molecule has 20 atom stereocenters. The predicted octanol–water partition coefficient (Wildman–Crippen LogP) is 6.73. The molecule has 2 N–H and O–H groups in total. The Bertz CT molecular complexity index is 1830. The summed E-state index contributed by atoms with van der Waals surface area (Å²) < 4.78 is 65.3. The Kier molecular flexibility index (Phi) is 16.7. The van der Waals surface area contributed by atoms with E-state index in [1.807, 2.05) is 25.2 Å². The molecule has 6 heterocycles. The maximum atomic E-state index is 14.4. The van der Waals surface area contributed by atoms with Gasteiger partial charge in [0.15, 0.2) is 18.4 Å². The van der Waals surface area contributed by atoms with Gasteiger partial charge in [-0.3, -0.25) is 9.69 Å². The number of hydrogen-bond acceptors (Lipinski definition) is 14. The maximum absolute atomic E-state index is 14.4. The molecule has 0 aromatic carbocycles. The predicted molar refractivity (Wildman–Crippen MR) is 248 cm³/mol. The third-order valence-corrected chi connectivity index (χ3v) is 15.8. The Balaban J connectivity index is 1.16. The van der Waals surface area contributed by atoms with Crippen LogP contribution in [0.1, 0.15) is 108 Å². The van der Waals surface area contributed by atoms with Crippen LogP contribution in [0.2, 0.25) is 0 Å². The summed E-state index contributed by atoms with van der Waals surface area (Å²) in [7, 11) is 5.55. The van der Waals surface area contributed by atoms with Crippen molar-refractivity contribution in [2.45, 2.75) is 211 Å². The van der Waals surface area contributed by atoms with Gasteiger partial charge in [-0.2, -0.15) is 0 Å². The van der Waals surface area contributed by atoms with Crippen molar-refractivity contribution >= 4 is 5.97 Å². The number of esters is 1. The first kappa shape index (κ1) is 51.5. The van der Waals surface area contributed by atoms with Gasteiger partial charge in [-0.25, -0.2) is 0 Å². The van der Waals surface area contributed by atoms with Gasteiger partial charge in [-0.05, 0) is 83.7 Å². The highest BCUT2D eigenvalue weighted by Crippen LogP contribution is 2.47. The molecule has 2 bridgehead atoms. The first-order valence-corrected chi connectivity index (χ1v) is 24.7. The first-order valence-electron chi connectivity index (χ1n) is 24.7. The van der Waals surface area contributed by atoms with Gasteiger partial charge in [0, 0.05) is 57.8 Å². The molecule has 6 aliphatic heterocycles. The second-order valence-corrected chi connectivity index (χ2v) is 20.7. The monoisotopic (exact) mass is 928 g/mol. The van der Waals surface area contributed by atoms with Gasteiger partial charge in [0.1, 0.15) is 35.9 Å². The summed E-state index contributed by atoms with van der Waals surface area (Å²) in [6, 6.07) is 0.415. The molecule has 0 saturated carbocycles. The van der Waals surface area contributed by atoms with E-state index in [9.17, 15) is 15.0 Å². The first-order chi connectivity index (χ1) is 31.3. The molecule has 66 heavy (non-hydrogen) atoms. The molecule has 14 nitrogen and oxygen atoms in total. The van der Waals surface area contributed by atoms with Crippen molar-refractivity contribution in [1.82, 2.24) is 4.90 Å². The fraction of sp³-hybridized carbons (Fsp3) is 0.788. The van der Waals surface area contributed by atoms with Crippen LogP contribution in [0.15, 0.2) is 59.3 Å². The van der Waals surface area contributed by atoms with Crippen LogP contribution in [-0.4, -0.2) is 152 Å². The summed E-state index contributed by atoms with van der Waals surface area (Å²) in [5.74, 6) is -2.52. The van der Waals surface area contributed by atoms with Gasteiger partial charge in [0.2, 0.25) is 0 Å². The van der Waals surface area contributed by atoms with Crippen LogP contribution in [0, 0.1) is 23.7 Å². The topological polar surface area (TPSA) is 153 Å². The Morgan fingerprint density at radius 1 is 0.894 bits per heavy atom. The van der Waals surface area contributed by atoms with Crippen molar-refractivity contribution < 1.29 is 62.4 Å². The van der Waals surface area contributed by atoms with E-state index in [-0.39, 0.29) is 67.0 Å². The minimum atomic E-state index is -1.83. The second kappa shape index (κ2) is 21.4. The fourth-order valence-electron chi connectivity index (χ4n) is 11.5. The zero-order valence-electron chi connectivity index (χ0n) is 41.8. The van der Waals surface area contributed by atoms with Crippen molar-refractivity contribution in [2.24, 2.45) is 23.7 Å². The molecule has 0 radical (unpaired) electrons. The molecule has 7 rings (SSSR count). The van der Waals surface area contributed by atoms with Crippen LogP contribution in [0.4, 0.5) is 0 Å². The lowest BCUT2D eigenvalue weighted by Crippen LogP contribution is -2.59. The van der Waals surface area contributed by atoms with Crippen molar-refractivity contribution in [3.05, 3.63) is 59.3 Å². The number of aliphatic hydroxyl groups excluding tert-OH is 1. The van der Waals surface area contributed by atoms with Gasteiger partial charge in [0.05, 0.1) is 55.4 Å². The highest BCUT2D eigenvalue weighted by molar-refractivity contribution is 5.78. The number of hydrogen-bond donors (Lipinski definition) is 2.